The van der Waals surface area contributed by atoms with Crippen LogP contribution in [0.25, 0.3) is 0 Å². The molecule has 0 spiro atoms. The Hall–Kier alpha value is -1.36. The molecule has 2 rings (SSSR count). The summed E-state index contributed by atoms with van der Waals surface area (Å²) in [6.07, 6.45) is 3.35. The first-order valence-electron chi connectivity index (χ1n) is 5.66. The number of halogens is 1. The number of hydrogen-bond donors (Lipinski definition) is 1. The van der Waals surface area contributed by atoms with Crippen LogP contribution in [0.4, 0.5) is 5.82 Å². The van der Waals surface area contributed by atoms with Gasteiger partial charge in [0.25, 0.3) is 0 Å². The van der Waals surface area contributed by atoms with Gasteiger partial charge >= 0.3 is 0 Å². The second kappa shape index (κ2) is 5.31. The van der Waals surface area contributed by atoms with Crippen LogP contribution in [0.2, 0.25) is 5.28 Å². The average Bonchev–Trinajstić information content (AvgIpc) is 2.38. The zero-order valence-corrected chi connectivity index (χ0v) is 10.4. The highest BCUT2D eigenvalue weighted by Crippen LogP contribution is 2.22. The van der Waals surface area contributed by atoms with Gasteiger partial charge in [0.15, 0.2) is 0 Å². The number of nitrogens with zero attached hydrogens (tertiary/aromatic N) is 3. The van der Waals surface area contributed by atoms with Gasteiger partial charge in [0.1, 0.15) is 5.82 Å². The van der Waals surface area contributed by atoms with Crippen molar-refractivity contribution < 1.29 is 4.79 Å². The van der Waals surface area contributed by atoms with Crippen LogP contribution in [-0.4, -0.2) is 36.0 Å². The fourth-order valence-electron chi connectivity index (χ4n) is 2.08. The molecule has 0 aromatic carbocycles. The monoisotopic (exact) mass is 254 g/mol. The van der Waals surface area contributed by atoms with Crippen LogP contribution < -0.4 is 10.2 Å². The molecule has 0 unspecified atom stereocenters. The minimum absolute atomic E-state index is 0.119. The number of nitrogens with one attached hydrogen (secondary N) is 1. The molecule has 2 heterocycles. The Bertz CT molecular complexity index is 404. The highest BCUT2D eigenvalue weighted by molar-refractivity contribution is 6.28. The molecule has 1 fully saturated rings. The number of hydrogen-bond acceptors (Lipinski definition) is 4. The molecule has 17 heavy (non-hydrogen) atoms. The molecular formula is C11H15ClN4O. The van der Waals surface area contributed by atoms with E-state index in [1.165, 1.54) is 0 Å². The van der Waals surface area contributed by atoms with E-state index in [1.54, 1.807) is 13.2 Å². The Labute approximate surface area is 105 Å². The highest BCUT2D eigenvalue weighted by atomic mass is 35.5. The van der Waals surface area contributed by atoms with E-state index in [0.29, 0.717) is 0 Å². The topological polar surface area (TPSA) is 58.1 Å². The quantitative estimate of drug-likeness (QED) is 0.803. The van der Waals surface area contributed by atoms with Gasteiger partial charge in [-0.15, -0.1) is 0 Å². The number of carbonyl (C=O) groups excluding carboxylic acids is 1. The molecule has 0 saturated carbocycles. The Morgan fingerprint density at radius 2 is 2.24 bits per heavy atom. The highest BCUT2D eigenvalue weighted by Gasteiger charge is 2.24. The average molecular weight is 255 g/mol. The van der Waals surface area contributed by atoms with Gasteiger partial charge in [-0.3, -0.25) is 4.79 Å². The van der Waals surface area contributed by atoms with Crippen molar-refractivity contribution in [3.05, 3.63) is 17.5 Å². The summed E-state index contributed by atoms with van der Waals surface area (Å²) in [5.41, 5.74) is 0. The van der Waals surface area contributed by atoms with Crippen LogP contribution in [0.3, 0.4) is 0 Å². The first-order valence-corrected chi connectivity index (χ1v) is 6.03. The summed E-state index contributed by atoms with van der Waals surface area (Å²) in [5.74, 6) is 1.08. The lowest BCUT2D eigenvalue weighted by molar-refractivity contribution is -0.125. The summed E-state index contributed by atoms with van der Waals surface area (Å²) in [6, 6.07) is 1.84. The predicted octanol–water partition coefficient (Wildman–Crippen LogP) is 1.09. The fourth-order valence-corrected chi connectivity index (χ4v) is 2.22. The van der Waals surface area contributed by atoms with Gasteiger partial charge in [-0.05, 0) is 30.5 Å². The third kappa shape index (κ3) is 2.85. The van der Waals surface area contributed by atoms with Crippen LogP contribution in [0.1, 0.15) is 12.8 Å². The normalized spacial score (nSPS) is 16.9. The summed E-state index contributed by atoms with van der Waals surface area (Å²) in [6.45, 7) is 1.65. The zero-order chi connectivity index (χ0) is 12.3. The van der Waals surface area contributed by atoms with Crippen molar-refractivity contribution in [2.45, 2.75) is 12.8 Å². The number of anilines is 1. The maximum Gasteiger partial charge on any atom is 0.224 e. The van der Waals surface area contributed by atoms with Crippen molar-refractivity contribution in [2.75, 3.05) is 25.0 Å². The molecule has 1 N–H and O–H groups in total. The number of carbonyl (C=O) groups is 1. The maximum atomic E-state index is 11.5. The lowest BCUT2D eigenvalue weighted by Gasteiger charge is -2.31. The molecule has 0 aliphatic carbocycles. The molecule has 1 aliphatic heterocycles. The first kappa shape index (κ1) is 12.1. The van der Waals surface area contributed by atoms with Gasteiger partial charge in [-0.2, -0.15) is 0 Å². The standard InChI is InChI=1S/C11H15ClN4O/c1-13-10(17)8-3-6-16(7-4-8)9-2-5-14-11(12)15-9/h2,5,8H,3-4,6-7H2,1H3,(H,13,17). The molecule has 6 heteroatoms. The number of rotatable bonds is 2. The second-order valence-electron chi connectivity index (χ2n) is 4.06. The van der Waals surface area contributed by atoms with Crippen LogP contribution >= 0.6 is 11.6 Å². The molecule has 0 atom stereocenters. The largest absolute Gasteiger partial charge is 0.359 e. The Balaban J connectivity index is 1.97. The number of piperidine rings is 1. The van der Waals surface area contributed by atoms with Crippen LogP contribution in [0.5, 0.6) is 0 Å². The van der Waals surface area contributed by atoms with E-state index in [0.717, 1.165) is 31.7 Å². The first-order chi connectivity index (χ1) is 8.20. The molecule has 0 bridgehead atoms. The van der Waals surface area contributed by atoms with Crippen LogP contribution in [0, 0.1) is 5.92 Å². The fraction of sp³-hybridized carbons (Fsp3) is 0.545. The van der Waals surface area contributed by atoms with Gasteiger partial charge in [-0.1, -0.05) is 0 Å². The van der Waals surface area contributed by atoms with Crippen molar-refractivity contribution in [3.8, 4) is 0 Å². The smallest absolute Gasteiger partial charge is 0.224 e. The van der Waals surface area contributed by atoms with Crippen molar-refractivity contribution in [3.63, 3.8) is 0 Å². The molecular weight excluding hydrogens is 240 g/mol. The van der Waals surface area contributed by atoms with Crippen molar-refractivity contribution >= 4 is 23.3 Å². The van der Waals surface area contributed by atoms with E-state index < -0.39 is 0 Å². The maximum absolute atomic E-state index is 11.5. The molecule has 92 valence electrons. The third-order valence-corrected chi connectivity index (χ3v) is 3.23. The lowest BCUT2D eigenvalue weighted by atomic mass is 9.96. The van der Waals surface area contributed by atoms with E-state index in [-0.39, 0.29) is 17.1 Å². The van der Waals surface area contributed by atoms with Crippen LogP contribution in [-0.2, 0) is 4.79 Å². The summed E-state index contributed by atoms with van der Waals surface area (Å²) in [4.78, 5) is 21.6. The zero-order valence-electron chi connectivity index (χ0n) is 9.69. The summed E-state index contributed by atoms with van der Waals surface area (Å²) in [5, 5.41) is 2.95. The molecule has 1 saturated heterocycles. The van der Waals surface area contributed by atoms with Gasteiger partial charge < -0.3 is 10.2 Å². The predicted molar refractivity (Wildman–Crippen MR) is 66.0 cm³/mol. The van der Waals surface area contributed by atoms with Gasteiger partial charge in [0, 0.05) is 32.3 Å². The lowest BCUT2D eigenvalue weighted by Crippen LogP contribution is -2.39. The Morgan fingerprint density at radius 3 is 2.82 bits per heavy atom. The van der Waals surface area contributed by atoms with E-state index in [2.05, 4.69) is 20.2 Å². The van der Waals surface area contributed by atoms with E-state index in [1.807, 2.05) is 6.07 Å². The molecule has 0 radical (unpaired) electrons. The summed E-state index contributed by atoms with van der Waals surface area (Å²) >= 11 is 5.75. The van der Waals surface area contributed by atoms with E-state index >= 15 is 0 Å². The second-order valence-corrected chi connectivity index (χ2v) is 4.40. The summed E-state index contributed by atoms with van der Waals surface area (Å²) < 4.78 is 0. The van der Waals surface area contributed by atoms with Crippen LogP contribution in [0.15, 0.2) is 12.3 Å². The molecule has 1 aromatic heterocycles. The van der Waals surface area contributed by atoms with Crippen molar-refractivity contribution in [1.29, 1.82) is 0 Å². The number of aromatic nitrogens is 2. The van der Waals surface area contributed by atoms with E-state index in [4.69, 9.17) is 11.6 Å². The molecule has 1 aromatic rings. The molecule has 5 nitrogen and oxygen atoms in total. The molecule has 1 aliphatic rings. The van der Waals surface area contributed by atoms with Gasteiger partial charge in [0.05, 0.1) is 0 Å². The Morgan fingerprint density at radius 1 is 1.53 bits per heavy atom. The minimum atomic E-state index is 0.119. The van der Waals surface area contributed by atoms with E-state index in [9.17, 15) is 4.79 Å². The number of amides is 1. The Kier molecular flexibility index (Phi) is 3.78. The van der Waals surface area contributed by atoms with Crippen molar-refractivity contribution in [2.24, 2.45) is 5.92 Å². The van der Waals surface area contributed by atoms with Gasteiger partial charge in [0.2, 0.25) is 11.2 Å². The minimum Gasteiger partial charge on any atom is -0.359 e. The van der Waals surface area contributed by atoms with Gasteiger partial charge in [-0.25, -0.2) is 9.97 Å². The summed E-state index contributed by atoms with van der Waals surface area (Å²) in [7, 11) is 1.68. The molecule has 1 amide bonds. The SMILES string of the molecule is CNC(=O)C1CCN(c2ccnc(Cl)n2)CC1. The van der Waals surface area contributed by atoms with Crippen molar-refractivity contribution in [1.82, 2.24) is 15.3 Å². The third-order valence-electron chi connectivity index (χ3n) is 3.05.